The van der Waals surface area contributed by atoms with Crippen LogP contribution in [0.5, 0.6) is 0 Å². The van der Waals surface area contributed by atoms with Crippen molar-refractivity contribution in [2.45, 2.75) is 46.6 Å². The smallest absolute Gasteiger partial charge is 0.163 e. The molecule has 5 nitrogen and oxygen atoms in total. The molecule has 0 aromatic carbocycles. The Bertz CT molecular complexity index is 693. The predicted molar refractivity (Wildman–Crippen MR) is 103 cm³/mol. The lowest BCUT2D eigenvalue weighted by Crippen LogP contribution is -2.42. The molecule has 3 heterocycles. The minimum Gasteiger partial charge on any atom is -0.368 e. The normalized spacial score (nSPS) is 16.4. The Hall–Kier alpha value is -2.01. The molecule has 1 aliphatic heterocycles. The molecular weight excluding hydrogens is 310 g/mol. The topological polar surface area (TPSA) is 53.9 Å². The van der Waals surface area contributed by atoms with Crippen LogP contribution in [0.2, 0.25) is 0 Å². The molecule has 2 aromatic rings. The third kappa shape index (κ3) is 4.15. The third-order valence-corrected chi connectivity index (χ3v) is 5.17. The summed E-state index contributed by atoms with van der Waals surface area (Å²) in [7, 11) is 0. The van der Waals surface area contributed by atoms with E-state index in [0.29, 0.717) is 12.0 Å². The van der Waals surface area contributed by atoms with Crippen LogP contribution < -0.4 is 5.32 Å². The maximum atomic E-state index is 4.78. The largest absolute Gasteiger partial charge is 0.368 e. The molecule has 3 rings (SSSR count). The number of aryl methyl sites for hydroxylation is 1. The SMILES string of the molecule is Cc1nc(-c2cccnc2)nc(NCC(C(C)C)N2CCCC2)c1C. The molecular formula is C20H29N5. The van der Waals surface area contributed by atoms with Crippen molar-refractivity contribution in [1.82, 2.24) is 19.9 Å². The highest BCUT2D eigenvalue weighted by Gasteiger charge is 2.24. The van der Waals surface area contributed by atoms with Gasteiger partial charge in [0, 0.05) is 41.8 Å². The Morgan fingerprint density at radius 2 is 1.92 bits per heavy atom. The van der Waals surface area contributed by atoms with Gasteiger partial charge in [0.1, 0.15) is 5.82 Å². The molecule has 1 unspecified atom stereocenters. The van der Waals surface area contributed by atoms with Gasteiger partial charge in [0.2, 0.25) is 0 Å². The first-order valence-corrected chi connectivity index (χ1v) is 9.30. The predicted octanol–water partition coefficient (Wildman–Crippen LogP) is 3.69. The fourth-order valence-electron chi connectivity index (χ4n) is 3.49. The minimum atomic E-state index is 0.541. The molecule has 5 heteroatoms. The van der Waals surface area contributed by atoms with Crippen molar-refractivity contribution < 1.29 is 0 Å². The first kappa shape index (κ1) is 17.8. The van der Waals surface area contributed by atoms with Crippen LogP contribution in [0.15, 0.2) is 24.5 Å². The van der Waals surface area contributed by atoms with Gasteiger partial charge in [-0.25, -0.2) is 9.97 Å². The molecule has 1 atom stereocenters. The zero-order valence-corrected chi connectivity index (χ0v) is 15.8. The molecule has 0 spiro atoms. The molecule has 0 aliphatic carbocycles. The van der Waals surface area contributed by atoms with E-state index >= 15 is 0 Å². The molecule has 1 fully saturated rings. The van der Waals surface area contributed by atoms with Crippen LogP contribution in [0.25, 0.3) is 11.4 Å². The van der Waals surface area contributed by atoms with E-state index in [-0.39, 0.29) is 0 Å². The molecule has 1 aliphatic rings. The summed E-state index contributed by atoms with van der Waals surface area (Å²) in [5.41, 5.74) is 3.09. The van der Waals surface area contributed by atoms with Gasteiger partial charge in [-0.3, -0.25) is 9.88 Å². The van der Waals surface area contributed by atoms with Gasteiger partial charge in [-0.15, -0.1) is 0 Å². The molecule has 134 valence electrons. The first-order valence-electron chi connectivity index (χ1n) is 9.30. The van der Waals surface area contributed by atoms with E-state index in [1.165, 1.54) is 25.9 Å². The second-order valence-corrected chi connectivity index (χ2v) is 7.28. The lowest BCUT2D eigenvalue weighted by molar-refractivity contribution is 0.201. The van der Waals surface area contributed by atoms with E-state index in [9.17, 15) is 0 Å². The fourth-order valence-corrected chi connectivity index (χ4v) is 3.49. The standard InChI is InChI=1S/C20H29N5/c1-14(2)18(25-10-5-6-11-25)13-22-19-15(3)16(4)23-20(24-19)17-8-7-9-21-12-17/h7-9,12,14,18H,5-6,10-11,13H2,1-4H3,(H,22,23,24). The number of aromatic nitrogens is 3. The molecule has 0 amide bonds. The van der Waals surface area contributed by atoms with E-state index in [0.717, 1.165) is 35.0 Å². The summed E-state index contributed by atoms with van der Waals surface area (Å²) in [6.07, 6.45) is 6.22. The van der Waals surface area contributed by atoms with Crippen molar-refractivity contribution in [2.75, 3.05) is 25.0 Å². The Kier molecular flexibility index (Phi) is 5.63. The summed E-state index contributed by atoms with van der Waals surface area (Å²) in [6.45, 7) is 12.1. The molecule has 2 aromatic heterocycles. The zero-order valence-electron chi connectivity index (χ0n) is 15.8. The van der Waals surface area contributed by atoms with Crippen molar-refractivity contribution in [3.8, 4) is 11.4 Å². The minimum absolute atomic E-state index is 0.541. The van der Waals surface area contributed by atoms with Crippen LogP contribution in [0.4, 0.5) is 5.82 Å². The fraction of sp³-hybridized carbons (Fsp3) is 0.550. The molecule has 0 bridgehead atoms. The Morgan fingerprint density at radius 3 is 2.56 bits per heavy atom. The highest BCUT2D eigenvalue weighted by Crippen LogP contribution is 2.23. The molecule has 1 N–H and O–H groups in total. The van der Waals surface area contributed by atoms with Crippen molar-refractivity contribution >= 4 is 5.82 Å². The number of hydrogen-bond acceptors (Lipinski definition) is 5. The van der Waals surface area contributed by atoms with Gasteiger partial charge in [-0.1, -0.05) is 13.8 Å². The summed E-state index contributed by atoms with van der Waals surface area (Å²) < 4.78 is 0. The number of nitrogens with zero attached hydrogens (tertiary/aromatic N) is 4. The van der Waals surface area contributed by atoms with Crippen molar-refractivity contribution in [3.05, 3.63) is 35.8 Å². The van der Waals surface area contributed by atoms with E-state index < -0.39 is 0 Å². The number of anilines is 1. The number of nitrogens with one attached hydrogen (secondary N) is 1. The van der Waals surface area contributed by atoms with Crippen molar-refractivity contribution in [1.29, 1.82) is 0 Å². The van der Waals surface area contributed by atoms with E-state index in [1.807, 2.05) is 25.3 Å². The monoisotopic (exact) mass is 339 g/mol. The van der Waals surface area contributed by atoms with Crippen LogP contribution in [-0.4, -0.2) is 45.5 Å². The summed E-state index contributed by atoms with van der Waals surface area (Å²) >= 11 is 0. The summed E-state index contributed by atoms with van der Waals surface area (Å²) in [4.78, 5) is 16.2. The number of rotatable bonds is 6. The van der Waals surface area contributed by atoms with Gasteiger partial charge in [-0.05, 0) is 57.8 Å². The maximum absolute atomic E-state index is 4.78. The lowest BCUT2D eigenvalue weighted by Gasteiger charge is -2.31. The van der Waals surface area contributed by atoms with Gasteiger partial charge in [-0.2, -0.15) is 0 Å². The van der Waals surface area contributed by atoms with E-state index in [2.05, 4.69) is 41.0 Å². The summed E-state index contributed by atoms with van der Waals surface area (Å²) in [5.74, 6) is 2.30. The average Bonchev–Trinajstić information content (AvgIpc) is 3.13. The van der Waals surface area contributed by atoms with Gasteiger partial charge in [0.15, 0.2) is 5.82 Å². The van der Waals surface area contributed by atoms with Gasteiger partial charge in [0.25, 0.3) is 0 Å². The van der Waals surface area contributed by atoms with E-state index in [4.69, 9.17) is 4.98 Å². The van der Waals surface area contributed by atoms with Crippen LogP contribution in [0.3, 0.4) is 0 Å². The number of likely N-dealkylation sites (tertiary alicyclic amines) is 1. The van der Waals surface area contributed by atoms with Gasteiger partial charge >= 0.3 is 0 Å². The number of hydrogen-bond donors (Lipinski definition) is 1. The van der Waals surface area contributed by atoms with Crippen LogP contribution in [0.1, 0.15) is 37.9 Å². The molecule has 0 saturated carbocycles. The molecule has 0 radical (unpaired) electrons. The Balaban J connectivity index is 1.80. The summed E-state index contributed by atoms with van der Waals surface area (Å²) in [5, 5.41) is 3.61. The van der Waals surface area contributed by atoms with Gasteiger partial charge < -0.3 is 5.32 Å². The second-order valence-electron chi connectivity index (χ2n) is 7.28. The van der Waals surface area contributed by atoms with Crippen LogP contribution in [-0.2, 0) is 0 Å². The summed E-state index contributed by atoms with van der Waals surface area (Å²) in [6, 6.07) is 4.46. The number of pyridine rings is 1. The maximum Gasteiger partial charge on any atom is 0.163 e. The lowest BCUT2D eigenvalue weighted by atomic mass is 10.0. The Morgan fingerprint density at radius 1 is 1.16 bits per heavy atom. The Labute approximate surface area is 150 Å². The third-order valence-electron chi connectivity index (χ3n) is 5.17. The van der Waals surface area contributed by atoms with E-state index in [1.54, 1.807) is 6.20 Å². The average molecular weight is 339 g/mol. The van der Waals surface area contributed by atoms with Crippen LogP contribution in [0, 0.1) is 19.8 Å². The first-order chi connectivity index (χ1) is 12.1. The van der Waals surface area contributed by atoms with Crippen LogP contribution >= 0.6 is 0 Å². The molecule has 25 heavy (non-hydrogen) atoms. The zero-order chi connectivity index (χ0) is 17.8. The van der Waals surface area contributed by atoms with Crippen molar-refractivity contribution in [2.24, 2.45) is 5.92 Å². The van der Waals surface area contributed by atoms with Crippen molar-refractivity contribution in [3.63, 3.8) is 0 Å². The van der Waals surface area contributed by atoms with Gasteiger partial charge in [0.05, 0.1) is 0 Å². The highest BCUT2D eigenvalue weighted by molar-refractivity contribution is 5.58. The second kappa shape index (κ2) is 7.91. The quantitative estimate of drug-likeness (QED) is 0.870. The molecule has 1 saturated heterocycles. The highest BCUT2D eigenvalue weighted by atomic mass is 15.2.